The van der Waals surface area contributed by atoms with Gasteiger partial charge in [-0.15, -0.1) is 0 Å². The van der Waals surface area contributed by atoms with Gasteiger partial charge < -0.3 is 0 Å². The molecule has 0 aromatic heterocycles. The monoisotopic (exact) mass is 339 g/mol. The Morgan fingerprint density at radius 2 is 1.42 bits per heavy atom. The number of hydrogen-bond acceptors (Lipinski definition) is 1. The van der Waals surface area contributed by atoms with E-state index in [0.29, 0.717) is 11.8 Å². The van der Waals surface area contributed by atoms with Gasteiger partial charge >= 0.3 is 0 Å². The van der Waals surface area contributed by atoms with Crippen LogP contribution in [0.3, 0.4) is 0 Å². The van der Waals surface area contributed by atoms with Crippen molar-refractivity contribution < 1.29 is 0 Å². The van der Waals surface area contributed by atoms with E-state index in [4.69, 9.17) is 4.99 Å². The summed E-state index contributed by atoms with van der Waals surface area (Å²) in [7, 11) is 0. The van der Waals surface area contributed by atoms with Crippen molar-refractivity contribution in [3.63, 3.8) is 0 Å². The van der Waals surface area contributed by atoms with E-state index in [1.165, 1.54) is 22.3 Å². The summed E-state index contributed by atoms with van der Waals surface area (Å²) in [4.78, 5) is 4.72. The third kappa shape index (κ3) is 2.88. The van der Waals surface area contributed by atoms with Crippen LogP contribution in [-0.2, 0) is 5.41 Å². The lowest BCUT2D eigenvalue weighted by atomic mass is 9.74. The van der Waals surface area contributed by atoms with Crippen LogP contribution in [0, 0.1) is 5.92 Å². The maximum atomic E-state index is 4.72. The largest absolute Gasteiger partial charge is 0.261 e. The predicted molar refractivity (Wildman–Crippen MR) is 111 cm³/mol. The molecule has 1 nitrogen and oxygen atoms in total. The molecule has 0 spiro atoms. The Morgan fingerprint density at radius 1 is 0.769 bits per heavy atom. The first-order chi connectivity index (χ1) is 12.6. The first-order valence-corrected chi connectivity index (χ1v) is 9.36. The average Bonchev–Trinajstić information content (AvgIpc) is 2.69. The minimum absolute atomic E-state index is 0.0398. The van der Waals surface area contributed by atoms with Gasteiger partial charge in [-0.25, -0.2) is 0 Å². The molecule has 0 saturated carbocycles. The molecule has 0 fully saturated rings. The van der Waals surface area contributed by atoms with E-state index < -0.39 is 0 Å². The van der Waals surface area contributed by atoms with E-state index in [2.05, 4.69) is 106 Å². The maximum Gasteiger partial charge on any atom is 0.0664 e. The summed E-state index contributed by atoms with van der Waals surface area (Å²) in [6.07, 6.45) is 2.10. The van der Waals surface area contributed by atoms with Crippen LogP contribution in [0.25, 0.3) is 0 Å². The van der Waals surface area contributed by atoms with Gasteiger partial charge in [-0.2, -0.15) is 0 Å². The molecule has 0 bridgehead atoms. The minimum Gasteiger partial charge on any atom is -0.261 e. The van der Waals surface area contributed by atoms with E-state index in [1.54, 1.807) is 0 Å². The van der Waals surface area contributed by atoms with Crippen LogP contribution in [0.1, 0.15) is 48.9 Å². The minimum atomic E-state index is -0.0398. The zero-order chi connectivity index (χ0) is 18.1. The Balaban J connectivity index is 1.83. The van der Waals surface area contributed by atoms with Crippen molar-refractivity contribution in [1.29, 1.82) is 0 Å². The lowest BCUT2D eigenvalue weighted by Gasteiger charge is -2.31. The maximum absolute atomic E-state index is 4.72. The molecule has 0 N–H and O–H groups in total. The van der Waals surface area contributed by atoms with Crippen LogP contribution in [-0.4, -0.2) is 6.21 Å². The Bertz CT molecular complexity index is 923. The lowest BCUT2D eigenvalue weighted by molar-refractivity contribution is 0.628. The number of rotatable bonds is 3. The van der Waals surface area contributed by atoms with Gasteiger partial charge in [0, 0.05) is 23.5 Å². The smallest absolute Gasteiger partial charge is 0.0664 e. The Morgan fingerprint density at radius 3 is 2.12 bits per heavy atom. The summed E-state index contributed by atoms with van der Waals surface area (Å²) in [6.45, 7) is 6.87. The van der Waals surface area contributed by atoms with E-state index in [9.17, 15) is 0 Å². The third-order valence-corrected chi connectivity index (χ3v) is 5.71. The summed E-state index contributed by atoms with van der Waals surface area (Å²) in [5.41, 5.74) is 6.44. The van der Waals surface area contributed by atoms with Crippen LogP contribution >= 0.6 is 0 Å². The van der Waals surface area contributed by atoms with Crippen molar-refractivity contribution in [2.45, 2.75) is 32.1 Å². The van der Waals surface area contributed by atoms with Crippen molar-refractivity contribution in [3.05, 3.63) is 101 Å². The molecule has 0 amide bonds. The molecule has 0 radical (unpaired) electrons. The lowest BCUT2D eigenvalue weighted by Crippen LogP contribution is -2.21. The van der Waals surface area contributed by atoms with Gasteiger partial charge in [0.2, 0.25) is 0 Å². The molecule has 1 aliphatic rings. The molecule has 26 heavy (non-hydrogen) atoms. The number of fused-ring (bicyclic) bond motifs is 1. The molecule has 130 valence electrons. The highest BCUT2D eigenvalue weighted by molar-refractivity contribution is 5.74. The molecule has 3 aromatic carbocycles. The van der Waals surface area contributed by atoms with Crippen molar-refractivity contribution in [2.75, 3.05) is 0 Å². The molecule has 0 aliphatic carbocycles. The molecule has 2 atom stereocenters. The fraction of sp³-hybridized carbons (Fsp3) is 0.240. The number of aliphatic imine (C=N–C) groups is 1. The van der Waals surface area contributed by atoms with Crippen molar-refractivity contribution in [1.82, 2.24) is 0 Å². The normalized spacial score (nSPS) is 19.2. The van der Waals surface area contributed by atoms with E-state index in [-0.39, 0.29) is 5.41 Å². The Labute approximate surface area is 156 Å². The molecule has 1 aliphatic heterocycles. The highest BCUT2D eigenvalue weighted by Crippen LogP contribution is 2.43. The molecular formula is C25H25N. The molecule has 3 aromatic rings. The van der Waals surface area contributed by atoms with Gasteiger partial charge in [-0.05, 0) is 28.3 Å². The molecule has 1 heteroatoms. The van der Waals surface area contributed by atoms with Crippen LogP contribution in [0.2, 0.25) is 0 Å². The molecule has 1 heterocycles. The number of benzene rings is 3. The molecule has 2 unspecified atom stereocenters. The molecule has 4 rings (SSSR count). The summed E-state index contributed by atoms with van der Waals surface area (Å²) in [5, 5.41) is 0. The van der Waals surface area contributed by atoms with Crippen LogP contribution < -0.4 is 0 Å². The SMILES string of the molecule is CC1C=Nc2ccc(C(C)(C)c3ccccc3)cc2C1c1ccccc1. The van der Waals surface area contributed by atoms with Gasteiger partial charge in [-0.1, -0.05) is 93.6 Å². The van der Waals surface area contributed by atoms with E-state index in [0.717, 1.165) is 5.69 Å². The second-order valence-electron chi connectivity index (χ2n) is 7.79. The standard InChI is InChI=1S/C25H25N/c1-18-17-26-23-15-14-21(25(2,3)20-12-8-5-9-13-20)16-22(23)24(18)19-10-6-4-7-11-19/h4-18,24H,1-3H3. The second kappa shape index (κ2) is 6.57. The predicted octanol–water partition coefficient (Wildman–Crippen LogP) is 6.50. The summed E-state index contributed by atoms with van der Waals surface area (Å²) in [5.74, 6) is 0.746. The van der Waals surface area contributed by atoms with Crippen LogP contribution in [0.5, 0.6) is 0 Å². The first-order valence-electron chi connectivity index (χ1n) is 9.36. The van der Waals surface area contributed by atoms with Gasteiger partial charge in [0.05, 0.1) is 5.69 Å². The Hall–Kier alpha value is -2.67. The summed E-state index contributed by atoms with van der Waals surface area (Å²) in [6, 6.07) is 28.4. The Kier molecular flexibility index (Phi) is 4.24. The second-order valence-corrected chi connectivity index (χ2v) is 7.79. The third-order valence-electron chi connectivity index (χ3n) is 5.71. The topological polar surface area (TPSA) is 12.4 Å². The van der Waals surface area contributed by atoms with Crippen LogP contribution in [0.15, 0.2) is 83.9 Å². The van der Waals surface area contributed by atoms with Crippen molar-refractivity contribution in [2.24, 2.45) is 10.9 Å². The average molecular weight is 339 g/mol. The zero-order valence-corrected chi connectivity index (χ0v) is 15.7. The molecular weight excluding hydrogens is 314 g/mol. The summed E-state index contributed by atoms with van der Waals surface area (Å²) < 4.78 is 0. The van der Waals surface area contributed by atoms with Gasteiger partial charge in [-0.3, -0.25) is 4.99 Å². The van der Waals surface area contributed by atoms with E-state index in [1.807, 2.05) is 0 Å². The fourth-order valence-corrected chi connectivity index (χ4v) is 4.04. The van der Waals surface area contributed by atoms with Crippen molar-refractivity contribution in [3.8, 4) is 0 Å². The molecule has 0 saturated heterocycles. The van der Waals surface area contributed by atoms with Gasteiger partial charge in [0.1, 0.15) is 0 Å². The first kappa shape index (κ1) is 16.8. The van der Waals surface area contributed by atoms with Crippen LogP contribution in [0.4, 0.5) is 5.69 Å². The van der Waals surface area contributed by atoms with Crippen molar-refractivity contribution >= 4 is 11.9 Å². The highest BCUT2D eigenvalue weighted by atomic mass is 14.7. The van der Waals surface area contributed by atoms with Gasteiger partial charge in [0.15, 0.2) is 0 Å². The number of hydrogen-bond donors (Lipinski definition) is 0. The quantitative estimate of drug-likeness (QED) is 0.517. The fourth-order valence-electron chi connectivity index (χ4n) is 4.04. The number of nitrogens with zero attached hydrogens (tertiary/aromatic N) is 1. The van der Waals surface area contributed by atoms with Gasteiger partial charge in [0.25, 0.3) is 0 Å². The zero-order valence-electron chi connectivity index (χ0n) is 15.7. The highest BCUT2D eigenvalue weighted by Gasteiger charge is 2.29. The summed E-state index contributed by atoms with van der Waals surface area (Å²) >= 11 is 0. The van der Waals surface area contributed by atoms with E-state index >= 15 is 0 Å².